The van der Waals surface area contributed by atoms with Gasteiger partial charge in [-0.25, -0.2) is 4.79 Å². The van der Waals surface area contributed by atoms with Crippen molar-refractivity contribution in [2.75, 3.05) is 17.2 Å². The van der Waals surface area contributed by atoms with Gasteiger partial charge in [0, 0.05) is 17.9 Å². The maximum atomic E-state index is 13.2. The molecule has 3 rings (SSSR count). The summed E-state index contributed by atoms with van der Waals surface area (Å²) in [5.41, 5.74) is 1.07. The van der Waals surface area contributed by atoms with Crippen LogP contribution in [0, 0.1) is 17.8 Å². The summed E-state index contributed by atoms with van der Waals surface area (Å²) in [5.74, 6) is -1.52. The third-order valence-corrected chi connectivity index (χ3v) is 5.67. The molecule has 1 aromatic carbocycles. The molecule has 0 bridgehead atoms. The van der Waals surface area contributed by atoms with Crippen LogP contribution in [-0.2, 0) is 14.4 Å². The van der Waals surface area contributed by atoms with E-state index in [1.54, 1.807) is 30.3 Å². The van der Waals surface area contributed by atoms with Crippen molar-refractivity contribution in [3.8, 4) is 0 Å². The molecule has 1 aliphatic carbocycles. The first kappa shape index (κ1) is 23.2. The van der Waals surface area contributed by atoms with E-state index in [9.17, 15) is 19.2 Å². The number of rotatable bonds is 8. The predicted molar refractivity (Wildman–Crippen MR) is 123 cm³/mol. The molecular formula is C24H30N4O4. The second kappa shape index (κ2) is 10.3. The van der Waals surface area contributed by atoms with Crippen LogP contribution < -0.4 is 16.0 Å². The van der Waals surface area contributed by atoms with Crippen molar-refractivity contribution in [1.29, 1.82) is 0 Å². The number of likely N-dealkylation sites (tertiary alicyclic amines) is 1. The summed E-state index contributed by atoms with van der Waals surface area (Å²) in [6.45, 7) is 7.80. The first-order valence-electron chi connectivity index (χ1n) is 10.9. The monoisotopic (exact) mass is 438 g/mol. The smallest absolute Gasteiger partial charge is 0.319 e. The van der Waals surface area contributed by atoms with Crippen LogP contribution in [0.25, 0.3) is 0 Å². The standard InChI is InChI=1S/C24H30N4O4/c1-4-13-25-24(32)27-17-11-9-16(10-12-17)26-21(29)20(14-15(2)3)28-22(30)18-7-5-6-8-19(18)23(28)31/h4-6,9-12,15,18-20H,1,7-8,13-14H2,2-3H3,(H,26,29)(H2,25,27,32). The SMILES string of the molecule is C=CCNC(=O)Nc1ccc(NC(=O)C(CC(C)C)N2C(=O)C3CC=CCC3C2=O)cc1. The predicted octanol–water partition coefficient (Wildman–Crippen LogP) is 3.30. The Hall–Kier alpha value is -3.42. The van der Waals surface area contributed by atoms with Gasteiger partial charge in [0.2, 0.25) is 17.7 Å². The third kappa shape index (κ3) is 5.25. The Morgan fingerprint density at radius 3 is 2.06 bits per heavy atom. The van der Waals surface area contributed by atoms with Gasteiger partial charge in [0.05, 0.1) is 11.8 Å². The summed E-state index contributed by atoms with van der Waals surface area (Å²) in [4.78, 5) is 52.1. The molecule has 8 nitrogen and oxygen atoms in total. The number of hydrogen-bond donors (Lipinski definition) is 3. The second-order valence-corrected chi connectivity index (χ2v) is 8.54. The zero-order chi connectivity index (χ0) is 23.3. The van der Waals surface area contributed by atoms with E-state index in [-0.39, 0.29) is 35.6 Å². The molecule has 0 aromatic heterocycles. The van der Waals surface area contributed by atoms with E-state index < -0.39 is 11.9 Å². The molecule has 0 spiro atoms. The topological polar surface area (TPSA) is 108 Å². The Bertz CT molecular complexity index is 896. The van der Waals surface area contributed by atoms with Crippen molar-refractivity contribution in [1.82, 2.24) is 10.2 Å². The molecular weight excluding hydrogens is 408 g/mol. The lowest BCUT2D eigenvalue weighted by atomic mass is 9.85. The van der Waals surface area contributed by atoms with E-state index in [4.69, 9.17) is 0 Å². The second-order valence-electron chi connectivity index (χ2n) is 8.54. The average Bonchev–Trinajstić information content (AvgIpc) is 3.02. The summed E-state index contributed by atoms with van der Waals surface area (Å²) in [5, 5.41) is 8.11. The fraction of sp³-hybridized carbons (Fsp3) is 0.417. The summed E-state index contributed by atoms with van der Waals surface area (Å²) in [6, 6.07) is 5.42. The molecule has 3 N–H and O–H groups in total. The number of allylic oxidation sites excluding steroid dienone is 2. The maximum absolute atomic E-state index is 13.2. The van der Waals surface area contributed by atoms with Crippen LogP contribution in [0.5, 0.6) is 0 Å². The summed E-state index contributed by atoms with van der Waals surface area (Å²) < 4.78 is 0. The fourth-order valence-electron chi connectivity index (χ4n) is 4.11. The van der Waals surface area contributed by atoms with Crippen molar-refractivity contribution in [3.05, 3.63) is 49.1 Å². The highest BCUT2D eigenvalue weighted by Gasteiger charge is 2.51. The molecule has 1 aliphatic heterocycles. The molecule has 1 heterocycles. The Morgan fingerprint density at radius 2 is 1.56 bits per heavy atom. The summed E-state index contributed by atoms with van der Waals surface area (Å²) in [7, 11) is 0. The third-order valence-electron chi connectivity index (χ3n) is 5.67. The van der Waals surface area contributed by atoms with Crippen molar-refractivity contribution in [2.45, 2.75) is 39.2 Å². The van der Waals surface area contributed by atoms with Gasteiger partial charge in [-0.15, -0.1) is 6.58 Å². The number of nitrogens with one attached hydrogen (secondary N) is 3. The van der Waals surface area contributed by atoms with E-state index in [2.05, 4.69) is 22.5 Å². The fourth-order valence-corrected chi connectivity index (χ4v) is 4.11. The zero-order valence-corrected chi connectivity index (χ0v) is 18.5. The van der Waals surface area contributed by atoms with E-state index >= 15 is 0 Å². The van der Waals surface area contributed by atoms with Gasteiger partial charge in [-0.2, -0.15) is 0 Å². The number of benzene rings is 1. The van der Waals surface area contributed by atoms with Crippen molar-refractivity contribution >= 4 is 35.1 Å². The zero-order valence-electron chi connectivity index (χ0n) is 18.5. The molecule has 5 amide bonds. The minimum atomic E-state index is -0.858. The summed E-state index contributed by atoms with van der Waals surface area (Å²) in [6.07, 6.45) is 6.90. The molecule has 170 valence electrons. The highest BCUT2D eigenvalue weighted by Crippen LogP contribution is 2.37. The molecule has 3 atom stereocenters. The normalized spacial score (nSPS) is 20.7. The van der Waals surface area contributed by atoms with E-state index in [0.29, 0.717) is 37.2 Å². The molecule has 1 fully saturated rings. The number of nitrogens with zero attached hydrogens (tertiary/aromatic N) is 1. The molecule has 1 aromatic rings. The van der Waals surface area contributed by atoms with Gasteiger partial charge < -0.3 is 16.0 Å². The molecule has 0 radical (unpaired) electrons. The number of carbonyl (C=O) groups excluding carboxylic acids is 4. The Labute approximate surface area is 188 Å². The lowest BCUT2D eigenvalue weighted by Gasteiger charge is -2.27. The van der Waals surface area contributed by atoms with E-state index in [1.807, 2.05) is 26.0 Å². The molecule has 32 heavy (non-hydrogen) atoms. The van der Waals surface area contributed by atoms with Gasteiger partial charge in [0.25, 0.3) is 0 Å². The number of carbonyl (C=O) groups is 4. The average molecular weight is 439 g/mol. The lowest BCUT2D eigenvalue weighted by Crippen LogP contribution is -2.48. The first-order valence-corrected chi connectivity index (χ1v) is 10.9. The lowest BCUT2D eigenvalue weighted by molar-refractivity contribution is -0.147. The van der Waals surface area contributed by atoms with Crippen LogP contribution >= 0.6 is 0 Å². The van der Waals surface area contributed by atoms with Gasteiger partial charge in [-0.3, -0.25) is 19.3 Å². The minimum absolute atomic E-state index is 0.118. The quantitative estimate of drug-likeness (QED) is 0.427. The van der Waals surface area contributed by atoms with Crippen LogP contribution in [0.15, 0.2) is 49.1 Å². The van der Waals surface area contributed by atoms with Crippen molar-refractivity contribution in [2.24, 2.45) is 17.8 Å². The molecule has 8 heteroatoms. The number of hydrogen-bond acceptors (Lipinski definition) is 4. The maximum Gasteiger partial charge on any atom is 0.319 e. The molecule has 1 saturated heterocycles. The van der Waals surface area contributed by atoms with Crippen molar-refractivity contribution in [3.63, 3.8) is 0 Å². The number of fused-ring (bicyclic) bond motifs is 1. The van der Waals surface area contributed by atoms with Gasteiger partial charge in [0.1, 0.15) is 6.04 Å². The highest BCUT2D eigenvalue weighted by atomic mass is 16.2. The van der Waals surface area contributed by atoms with Crippen LogP contribution in [0.3, 0.4) is 0 Å². The number of amides is 5. The van der Waals surface area contributed by atoms with E-state index in [0.717, 1.165) is 0 Å². The number of urea groups is 1. The Kier molecular flexibility index (Phi) is 7.45. The highest BCUT2D eigenvalue weighted by molar-refractivity contribution is 6.10. The van der Waals surface area contributed by atoms with Crippen molar-refractivity contribution < 1.29 is 19.2 Å². The number of anilines is 2. The Balaban J connectivity index is 1.70. The van der Waals surface area contributed by atoms with Crippen LogP contribution in [0.1, 0.15) is 33.1 Å². The van der Waals surface area contributed by atoms with Crippen LogP contribution in [0.2, 0.25) is 0 Å². The van der Waals surface area contributed by atoms with E-state index in [1.165, 1.54) is 4.90 Å². The van der Waals surface area contributed by atoms with Gasteiger partial charge in [-0.05, 0) is 49.4 Å². The molecule has 2 aliphatic rings. The van der Waals surface area contributed by atoms with Gasteiger partial charge >= 0.3 is 6.03 Å². The molecule has 3 unspecified atom stereocenters. The van der Waals surface area contributed by atoms with Crippen LogP contribution in [-0.4, -0.2) is 41.2 Å². The van der Waals surface area contributed by atoms with Gasteiger partial charge in [0.15, 0.2) is 0 Å². The molecule has 0 saturated carbocycles. The van der Waals surface area contributed by atoms with Gasteiger partial charge in [-0.1, -0.05) is 32.1 Å². The van der Waals surface area contributed by atoms with Crippen LogP contribution in [0.4, 0.5) is 16.2 Å². The first-order chi connectivity index (χ1) is 15.3. The minimum Gasteiger partial charge on any atom is -0.334 e. The number of imide groups is 1. The summed E-state index contributed by atoms with van der Waals surface area (Å²) >= 11 is 0. The largest absolute Gasteiger partial charge is 0.334 e. The Morgan fingerprint density at radius 1 is 1.03 bits per heavy atom.